The molecule has 0 aromatic carbocycles. The van der Waals surface area contributed by atoms with E-state index < -0.39 is 0 Å². The highest BCUT2D eigenvalue weighted by Gasteiger charge is 2.06. The number of rotatable bonds is 3. The van der Waals surface area contributed by atoms with E-state index >= 15 is 0 Å². The number of carbonyl (C=O) groups excluding carboxylic acids is 1. The largest absolute Gasteiger partial charge is 0.349 e. The van der Waals surface area contributed by atoms with Gasteiger partial charge in [-0.3, -0.25) is 9.78 Å². The molecule has 0 aliphatic heterocycles. The SMILES string of the molecule is NCCNC(=O)c1cncc(Cl)n1. The fourth-order valence-corrected chi connectivity index (χ4v) is 0.875. The summed E-state index contributed by atoms with van der Waals surface area (Å²) in [4.78, 5) is 18.7. The van der Waals surface area contributed by atoms with Crippen LogP contribution in [0.15, 0.2) is 12.4 Å². The van der Waals surface area contributed by atoms with Crippen LogP contribution >= 0.6 is 11.6 Å². The lowest BCUT2D eigenvalue weighted by Crippen LogP contribution is -2.29. The van der Waals surface area contributed by atoms with Gasteiger partial charge in [0.25, 0.3) is 5.91 Å². The Morgan fingerprint density at radius 2 is 2.38 bits per heavy atom. The highest BCUT2D eigenvalue weighted by molar-refractivity contribution is 6.29. The molecular weight excluding hydrogens is 192 g/mol. The zero-order chi connectivity index (χ0) is 9.68. The van der Waals surface area contributed by atoms with Crippen molar-refractivity contribution in [3.8, 4) is 0 Å². The number of nitrogens with two attached hydrogens (primary N) is 1. The molecule has 0 saturated heterocycles. The molecule has 0 fully saturated rings. The zero-order valence-corrected chi connectivity index (χ0v) is 7.58. The van der Waals surface area contributed by atoms with Gasteiger partial charge in [0.1, 0.15) is 10.8 Å². The average molecular weight is 201 g/mol. The van der Waals surface area contributed by atoms with Crippen molar-refractivity contribution in [2.24, 2.45) is 5.73 Å². The van der Waals surface area contributed by atoms with Crippen molar-refractivity contribution in [3.05, 3.63) is 23.2 Å². The van der Waals surface area contributed by atoms with Crippen LogP contribution in [0.5, 0.6) is 0 Å². The Kier molecular flexibility index (Phi) is 3.60. The lowest BCUT2D eigenvalue weighted by atomic mass is 10.4. The van der Waals surface area contributed by atoms with E-state index in [1.807, 2.05) is 0 Å². The van der Waals surface area contributed by atoms with Gasteiger partial charge in [0.2, 0.25) is 0 Å². The Balaban J connectivity index is 2.66. The highest BCUT2D eigenvalue weighted by atomic mass is 35.5. The Hall–Kier alpha value is -1.20. The zero-order valence-electron chi connectivity index (χ0n) is 6.83. The van der Waals surface area contributed by atoms with Crippen molar-refractivity contribution in [3.63, 3.8) is 0 Å². The number of halogens is 1. The first-order valence-electron chi connectivity index (χ1n) is 3.70. The van der Waals surface area contributed by atoms with E-state index in [0.717, 1.165) is 0 Å². The molecule has 0 radical (unpaired) electrons. The summed E-state index contributed by atoms with van der Waals surface area (Å²) in [5.74, 6) is -0.319. The summed E-state index contributed by atoms with van der Waals surface area (Å²) in [5.41, 5.74) is 5.40. The van der Waals surface area contributed by atoms with Gasteiger partial charge in [-0.1, -0.05) is 11.6 Å². The Bertz CT molecular complexity index is 304. The number of hydrogen-bond donors (Lipinski definition) is 2. The maximum Gasteiger partial charge on any atom is 0.271 e. The molecule has 5 nitrogen and oxygen atoms in total. The van der Waals surface area contributed by atoms with Gasteiger partial charge >= 0.3 is 0 Å². The van der Waals surface area contributed by atoms with Gasteiger partial charge in [-0.2, -0.15) is 0 Å². The molecule has 70 valence electrons. The molecular formula is C7H9ClN4O. The maximum absolute atomic E-state index is 11.2. The van der Waals surface area contributed by atoms with Gasteiger partial charge < -0.3 is 11.1 Å². The van der Waals surface area contributed by atoms with E-state index in [2.05, 4.69) is 15.3 Å². The molecule has 1 amide bonds. The van der Waals surface area contributed by atoms with E-state index in [1.54, 1.807) is 0 Å². The number of amides is 1. The fourth-order valence-electron chi connectivity index (χ4n) is 0.728. The van der Waals surface area contributed by atoms with Crippen LogP contribution in [0.4, 0.5) is 0 Å². The second-order valence-electron chi connectivity index (χ2n) is 2.27. The summed E-state index contributed by atoms with van der Waals surface area (Å²) in [5, 5.41) is 2.75. The van der Waals surface area contributed by atoms with Crippen LogP contribution in [0.2, 0.25) is 5.15 Å². The number of nitrogens with zero attached hydrogens (tertiary/aromatic N) is 2. The Morgan fingerprint density at radius 3 is 3.00 bits per heavy atom. The molecule has 0 aliphatic carbocycles. The number of carbonyl (C=O) groups is 1. The second-order valence-corrected chi connectivity index (χ2v) is 2.66. The molecule has 1 rings (SSSR count). The van der Waals surface area contributed by atoms with Gasteiger partial charge in [-0.05, 0) is 0 Å². The molecule has 1 aromatic rings. The van der Waals surface area contributed by atoms with E-state index in [1.165, 1.54) is 12.4 Å². The molecule has 0 saturated carbocycles. The van der Waals surface area contributed by atoms with Crippen LogP contribution in [0.3, 0.4) is 0 Å². The third-order valence-electron chi connectivity index (χ3n) is 1.27. The molecule has 0 bridgehead atoms. The molecule has 0 aliphatic rings. The smallest absolute Gasteiger partial charge is 0.271 e. The topological polar surface area (TPSA) is 80.9 Å². The van der Waals surface area contributed by atoms with E-state index in [9.17, 15) is 4.79 Å². The van der Waals surface area contributed by atoms with Crippen molar-refractivity contribution in [2.75, 3.05) is 13.1 Å². The van der Waals surface area contributed by atoms with Crippen LogP contribution in [0.1, 0.15) is 10.5 Å². The van der Waals surface area contributed by atoms with Crippen molar-refractivity contribution < 1.29 is 4.79 Å². The van der Waals surface area contributed by atoms with Crippen LogP contribution in [0, 0.1) is 0 Å². The highest BCUT2D eigenvalue weighted by Crippen LogP contribution is 2.01. The minimum Gasteiger partial charge on any atom is -0.349 e. The fraction of sp³-hybridized carbons (Fsp3) is 0.286. The standard InChI is InChI=1S/C7H9ClN4O/c8-6-4-10-3-5(12-6)7(13)11-2-1-9/h3-4H,1-2,9H2,(H,11,13). The van der Waals surface area contributed by atoms with Gasteiger partial charge in [0.15, 0.2) is 0 Å². The monoisotopic (exact) mass is 200 g/mol. The lowest BCUT2D eigenvalue weighted by molar-refractivity contribution is 0.0949. The van der Waals surface area contributed by atoms with Crippen molar-refractivity contribution in [2.45, 2.75) is 0 Å². The molecule has 1 heterocycles. The van der Waals surface area contributed by atoms with E-state index in [0.29, 0.717) is 13.1 Å². The molecule has 1 aromatic heterocycles. The third kappa shape index (κ3) is 2.96. The molecule has 0 atom stereocenters. The first-order valence-corrected chi connectivity index (χ1v) is 4.07. The average Bonchev–Trinajstić information content (AvgIpc) is 2.14. The molecule has 0 spiro atoms. The number of hydrogen-bond acceptors (Lipinski definition) is 4. The summed E-state index contributed by atoms with van der Waals surface area (Å²) < 4.78 is 0. The molecule has 0 unspecified atom stereocenters. The van der Waals surface area contributed by atoms with Crippen molar-refractivity contribution in [1.82, 2.24) is 15.3 Å². The molecule has 6 heteroatoms. The maximum atomic E-state index is 11.2. The van der Waals surface area contributed by atoms with Crippen molar-refractivity contribution >= 4 is 17.5 Å². The van der Waals surface area contributed by atoms with Gasteiger partial charge in [0, 0.05) is 13.1 Å². The first-order chi connectivity index (χ1) is 6.24. The summed E-state index contributed by atoms with van der Waals surface area (Å²) in [6.45, 7) is 0.798. The minimum atomic E-state index is -0.319. The minimum absolute atomic E-state index is 0.195. The van der Waals surface area contributed by atoms with E-state index in [-0.39, 0.29) is 16.8 Å². The Morgan fingerprint density at radius 1 is 1.62 bits per heavy atom. The number of nitrogens with one attached hydrogen (secondary N) is 1. The normalized spacial score (nSPS) is 9.69. The summed E-state index contributed by atoms with van der Waals surface area (Å²) >= 11 is 5.54. The van der Waals surface area contributed by atoms with Crippen LogP contribution in [-0.2, 0) is 0 Å². The number of aromatic nitrogens is 2. The van der Waals surface area contributed by atoms with Gasteiger partial charge in [0.05, 0.1) is 12.4 Å². The lowest BCUT2D eigenvalue weighted by Gasteiger charge is -2.01. The summed E-state index contributed by atoms with van der Waals surface area (Å²) in [6, 6.07) is 0. The first kappa shape index (κ1) is 9.88. The predicted octanol–water partition coefficient (Wildman–Crippen LogP) is -0.181. The van der Waals surface area contributed by atoms with Crippen LogP contribution in [-0.4, -0.2) is 29.0 Å². The predicted molar refractivity (Wildman–Crippen MR) is 48.4 cm³/mol. The second kappa shape index (κ2) is 4.74. The van der Waals surface area contributed by atoms with E-state index in [4.69, 9.17) is 17.3 Å². The Labute approximate surface area is 80.3 Å². The quantitative estimate of drug-likeness (QED) is 0.709. The van der Waals surface area contributed by atoms with Gasteiger partial charge in [-0.15, -0.1) is 0 Å². The van der Waals surface area contributed by atoms with Crippen LogP contribution < -0.4 is 11.1 Å². The molecule has 13 heavy (non-hydrogen) atoms. The van der Waals surface area contributed by atoms with Crippen LogP contribution in [0.25, 0.3) is 0 Å². The molecule has 3 N–H and O–H groups in total. The van der Waals surface area contributed by atoms with Gasteiger partial charge in [-0.25, -0.2) is 4.98 Å². The third-order valence-corrected chi connectivity index (χ3v) is 1.45. The summed E-state index contributed by atoms with van der Waals surface area (Å²) in [6.07, 6.45) is 2.71. The summed E-state index contributed by atoms with van der Waals surface area (Å²) in [7, 11) is 0. The van der Waals surface area contributed by atoms with Crippen molar-refractivity contribution in [1.29, 1.82) is 0 Å².